The van der Waals surface area contributed by atoms with Crippen LogP contribution < -0.4 is 4.90 Å². The van der Waals surface area contributed by atoms with E-state index < -0.39 is 0 Å². The average Bonchev–Trinajstić information content (AvgIpc) is 3.17. The lowest BCUT2D eigenvalue weighted by atomic mass is 10.1. The highest BCUT2D eigenvalue weighted by molar-refractivity contribution is 5.80. The third kappa shape index (κ3) is 3.23. The largest absolute Gasteiger partial charge is 0.353 e. The number of amides is 1. The highest BCUT2D eigenvalue weighted by Gasteiger charge is 2.28. The molecule has 2 aromatic rings. The molecule has 0 bridgehead atoms. The second-order valence-corrected chi connectivity index (χ2v) is 5.74. The molecule has 0 unspecified atom stereocenters. The van der Waals surface area contributed by atoms with Gasteiger partial charge in [-0.25, -0.2) is 4.98 Å². The van der Waals surface area contributed by atoms with E-state index in [0.29, 0.717) is 18.7 Å². The molecule has 7 heteroatoms. The van der Waals surface area contributed by atoms with E-state index >= 15 is 0 Å². The summed E-state index contributed by atoms with van der Waals surface area (Å²) < 4.78 is 1.73. The van der Waals surface area contributed by atoms with Crippen LogP contribution in [0.3, 0.4) is 0 Å². The Kier molecular flexibility index (Phi) is 4.75. The van der Waals surface area contributed by atoms with Crippen LogP contribution in [0.4, 0.5) is 5.82 Å². The van der Waals surface area contributed by atoms with Gasteiger partial charge in [-0.2, -0.15) is 10.4 Å². The Labute approximate surface area is 141 Å². The van der Waals surface area contributed by atoms with E-state index in [9.17, 15) is 4.79 Å². The molecule has 2 aromatic heterocycles. The van der Waals surface area contributed by atoms with Gasteiger partial charge < -0.3 is 9.80 Å². The number of rotatable bonds is 4. The van der Waals surface area contributed by atoms with Crippen LogP contribution in [0.1, 0.15) is 24.9 Å². The molecule has 0 spiro atoms. The first-order valence-electron chi connectivity index (χ1n) is 8.12. The Balaban J connectivity index is 1.61. The first-order chi connectivity index (χ1) is 11.7. The zero-order valence-corrected chi connectivity index (χ0v) is 13.7. The van der Waals surface area contributed by atoms with Gasteiger partial charge >= 0.3 is 0 Å². The molecule has 0 radical (unpaired) electrons. The van der Waals surface area contributed by atoms with E-state index in [4.69, 9.17) is 5.26 Å². The Morgan fingerprint density at radius 1 is 1.33 bits per heavy atom. The molecule has 1 aliphatic rings. The summed E-state index contributed by atoms with van der Waals surface area (Å²) in [4.78, 5) is 21.1. The number of carbonyl (C=O) groups is 1. The maximum atomic E-state index is 12.7. The van der Waals surface area contributed by atoms with Gasteiger partial charge in [-0.05, 0) is 24.6 Å². The van der Waals surface area contributed by atoms with E-state index in [1.807, 2.05) is 30.2 Å². The summed E-state index contributed by atoms with van der Waals surface area (Å²) in [5.41, 5.74) is 0.553. The third-order valence-corrected chi connectivity index (χ3v) is 4.31. The molecule has 0 aromatic carbocycles. The minimum absolute atomic E-state index is 0.119. The second kappa shape index (κ2) is 7.13. The maximum Gasteiger partial charge on any atom is 0.247 e. The molecule has 1 saturated heterocycles. The fourth-order valence-electron chi connectivity index (χ4n) is 2.95. The Morgan fingerprint density at radius 2 is 2.12 bits per heavy atom. The molecule has 1 atom stereocenters. The topological polar surface area (TPSA) is 78.0 Å². The molecule has 0 N–H and O–H groups in total. The Hall–Kier alpha value is -2.88. The van der Waals surface area contributed by atoms with Gasteiger partial charge in [0.25, 0.3) is 0 Å². The zero-order valence-electron chi connectivity index (χ0n) is 13.7. The molecule has 1 aliphatic heterocycles. The van der Waals surface area contributed by atoms with Crippen molar-refractivity contribution < 1.29 is 4.79 Å². The summed E-state index contributed by atoms with van der Waals surface area (Å²) in [5, 5.41) is 13.0. The lowest BCUT2D eigenvalue weighted by molar-refractivity contribution is -0.135. The van der Waals surface area contributed by atoms with Crippen LogP contribution in [0.15, 0.2) is 36.8 Å². The van der Waals surface area contributed by atoms with Crippen molar-refractivity contribution in [2.75, 3.05) is 31.1 Å². The fraction of sp³-hybridized carbons (Fsp3) is 0.412. The van der Waals surface area contributed by atoms with Crippen molar-refractivity contribution in [1.29, 1.82) is 5.26 Å². The highest BCUT2D eigenvalue weighted by atomic mass is 16.2. The Bertz CT molecular complexity index is 711. The molecule has 7 nitrogen and oxygen atoms in total. The van der Waals surface area contributed by atoms with Gasteiger partial charge in [0.1, 0.15) is 17.9 Å². The normalized spacial score (nSPS) is 15.8. The maximum absolute atomic E-state index is 12.7. The van der Waals surface area contributed by atoms with Gasteiger partial charge in [0.15, 0.2) is 0 Å². The summed E-state index contributed by atoms with van der Waals surface area (Å²) >= 11 is 0. The van der Waals surface area contributed by atoms with Crippen LogP contribution in [0, 0.1) is 11.3 Å². The van der Waals surface area contributed by atoms with Crippen molar-refractivity contribution in [3.63, 3.8) is 0 Å². The van der Waals surface area contributed by atoms with E-state index in [2.05, 4.69) is 21.1 Å². The molecule has 1 amide bonds. The first-order valence-corrected chi connectivity index (χ1v) is 8.12. The summed E-state index contributed by atoms with van der Waals surface area (Å²) in [5.74, 6) is 0.967. The van der Waals surface area contributed by atoms with Gasteiger partial charge in [-0.3, -0.25) is 9.48 Å². The molecule has 1 fully saturated rings. The number of nitriles is 1. The van der Waals surface area contributed by atoms with Crippen LogP contribution in [0.2, 0.25) is 0 Å². The van der Waals surface area contributed by atoms with E-state index in [1.165, 1.54) is 0 Å². The van der Waals surface area contributed by atoms with Gasteiger partial charge in [0.2, 0.25) is 5.91 Å². The predicted molar refractivity (Wildman–Crippen MR) is 89.3 cm³/mol. The summed E-state index contributed by atoms with van der Waals surface area (Å²) in [6.07, 6.45) is 5.84. The molecule has 24 heavy (non-hydrogen) atoms. The summed E-state index contributed by atoms with van der Waals surface area (Å²) in [7, 11) is 0. The quantitative estimate of drug-likeness (QED) is 0.850. The smallest absolute Gasteiger partial charge is 0.247 e. The van der Waals surface area contributed by atoms with Crippen molar-refractivity contribution in [2.24, 2.45) is 0 Å². The van der Waals surface area contributed by atoms with Crippen LogP contribution >= 0.6 is 0 Å². The summed E-state index contributed by atoms with van der Waals surface area (Å²) in [6, 6.07) is 7.29. The number of carbonyl (C=O) groups excluding carboxylic acids is 1. The Morgan fingerprint density at radius 3 is 2.67 bits per heavy atom. The molecule has 124 valence electrons. The predicted octanol–water partition coefficient (Wildman–Crippen LogP) is 1.45. The number of nitrogens with zero attached hydrogens (tertiary/aromatic N) is 6. The van der Waals surface area contributed by atoms with Crippen LogP contribution in [-0.4, -0.2) is 51.8 Å². The van der Waals surface area contributed by atoms with Gasteiger partial charge in [0.05, 0.1) is 5.56 Å². The van der Waals surface area contributed by atoms with Crippen molar-refractivity contribution in [3.8, 4) is 6.07 Å². The van der Waals surface area contributed by atoms with E-state index in [0.717, 1.165) is 25.3 Å². The number of piperazine rings is 1. The van der Waals surface area contributed by atoms with E-state index in [1.54, 1.807) is 23.1 Å². The fourth-order valence-corrected chi connectivity index (χ4v) is 2.95. The van der Waals surface area contributed by atoms with Crippen LogP contribution in [0.5, 0.6) is 0 Å². The van der Waals surface area contributed by atoms with Crippen LogP contribution in [0.25, 0.3) is 0 Å². The zero-order chi connectivity index (χ0) is 16.9. The first kappa shape index (κ1) is 16.0. The van der Waals surface area contributed by atoms with Gasteiger partial charge in [0, 0.05) is 44.8 Å². The molecule has 3 heterocycles. The number of hydrogen-bond donors (Lipinski definition) is 0. The summed E-state index contributed by atoms with van der Waals surface area (Å²) in [6.45, 7) is 4.80. The van der Waals surface area contributed by atoms with Crippen molar-refractivity contribution in [1.82, 2.24) is 19.7 Å². The minimum Gasteiger partial charge on any atom is -0.353 e. The standard InChI is InChI=1S/C17H20N6O/c1-2-15(23-7-3-6-20-23)17(24)22-10-8-21(9-11-22)16-5-4-14(12-18)13-19-16/h3-7,13,15H,2,8-11H2,1H3/t15-/m1/s1. The number of anilines is 1. The van der Waals surface area contributed by atoms with E-state index in [-0.39, 0.29) is 11.9 Å². The van der Waals surface area contributed by atoms with Gasteiger partial charge in [-0.15, -0.1) is 0 Å². The average molecular weight is 324 g/mol. The third-order valence-electron chi connectivity index (χ3n) is 4.31. The monoisotopic (exact) mass is 324 g/mol. The molecular formula is C17H20N6O. The molecule has 0 aliphatic carbocycles. The van der Waals surface area contributed by atoms with Crippen molar-refractivity contribution in [3.05, 3.63) is 42.4 Å². The number of hydrogen-bond acceptors (Lipinski definition) is 5. The van der Waals surface area contributed by atoms with Crippen molar-refractivity contribution >= 4 is 11.7 Å². The molecular weight excluding hydrogens is 304 g/mol. The van der Waals surface area contributed by atoms with Gasteiger partial charge in [-0.1, -0.05) is 6.92 Å². The highest BCUT2D eigenvalue weighted by Crippen LogP contribution is 2.18. The number of aromatic nitrogens is 3. The molecule has 0 saturated carbocycles. The van der Waals surface area contributed by atoms with Crippen LogP contribution in [-0.2, 0) is 4.79 Å². The molecule has 3 rings (SSSR count). The lowest BCUT2D eigenvalue weighted by Gasteiger charge is -2.36. The number of pyridine rings is 1. The van der Waals surface area contributed by atoms with Crippen molar-refractivity contribution in [2.45, 2.75) is 19.4 Å². The SMILES string of the molecule is CC[C@H](C(=O)N1CCN(c2ccc(C#N)cn2)CC1)n1cccn1. The second-order valence-electron chi connectivity index (χ2n) is 5.74. The lowest BCUT2D eigenvalue weighted by Crippen LogP contribution is -2.50. The minimum atomic E-state index is -0.236.